The Morgan fingerprint density at radius 1 is 1.12 bits per heavy atom. The van der Waals surface area contributed by atoms with Crippen LogP contribution in [0.25, 0.3) is 0 Å². The molecule has 2 aliphatic rings. The third-order valence-electron chi connectivity index (χ3n) is 4.52. The molecule has 98 valence electrons. The number of carbonyl (C=O) groups is 1. The van der Waals surface area contributed by atoms with Crippen LogP contribution in [0.3, 0.4) is 0 Å². The first kappa shape index (κ1) is 12.9. The van der Waals surface area contributed by atoms with Crippen molar-refractivity contribution >= 4 is 5.97 Å². The largest absolute Gasteiger partial charge is 0.481 e. The molecule has 3 nitrogen and oxygen atoms in total. The Hall–Kier alpha value is -0.570. The fourth-order valence-corrected chi connectivity index (χ4v) is 3.42. The van der Waals surface area contributed by atoms with Crippen LogP contribution in [0.1, 0.15) is 58.8 Å². The number of rotatable bonds is 3. The highest BCUT2D eigenvalue weighted by Gasteiger charge is 2.33. The van der Waals surface area contributed by atoms with E-state index in [0.29, 0.717) is 17.5 Å². The van der Waals surface area contributed by atoms with Crippen molar-refractivity contribution in [2.24, 2.45) is 11.3 Å². The van der Waals surface area contributed by atoms with Crippen molar-refractivity contribution in [2.75, 3.05) is 0 Å². The van der Waals surface area contributed by atoms with E-state index in [1.165, 1.54) is 19.3 Å². The normalized spacial score (nSPS) is 36.9. The average Bonchev–Trinajstić information content (AvgIpc) is 2.59. The fourth-order valence-electron chi connectivity index (χ4n) is 3.42. The highest BCUT2D eigenvalue weighted by atomic mass is 16.4. The summed E-state index contributed by atoms with van der Waals surface area (Å²) in [5, 5.41) is 12.7. The third kappa shape index (κ3) is 3.44. The molecule has 2 rings (SSSR count). The van der Waals surface area contributed by atoms with E-state index >= 15 is 0 Å². The van der Waals surface area contributed by atoms with Crippen LogP contribution < -0.4 is 5.32 Å². The zero-order valence-electron chi connectivity index (χ0n) is 11.0. The van der Waals surface area contributed by atoms with Crippen molar-refractivity contribution in [3.8, 4) is 0 Å². The van der Waals surface area contributed by atoms with Crippen molar-refractivity contribution < 1.29 is 9.90 Å². The Bertz CT molecular complexity index is 280. The molecule has 1 unspecified atom stereocenters. The zero-order valence-corrected chi connectivity index (χ0v) is 11.0. The van der Waals surface area contributed by atoms with E-state index in [-0.39, 0.29) is 5.92 Å². The van der Waals surface area contributed by atoms with Gasteiger partial charge in [-0.25, -0.2) is 0 Å². The maximum absolute atomic E-state index is 10.9. The summed E-state index contributed by atoms with van der Waals surface area (Å²) < 4.78 is 0. The Labute approximate surface area is 104 Å². The topological polar surface area (TPSA) is 49.3 Å². The molecule has 2 N–H and O–H groups in total. The van der Waals surface area contributed by atoms with Gasteiger partial charge < -0.3 is 10.4 Å². The Balaban J connectivity index is 1.74. The van der Waals surface area contributed by atoms with Gasteiger partial charge in [0.1, 0.15) is 0 Å². The number of hydrogen-bond acceptors (Lipinski definition) is 2. The molecule has 0 spiro atoms. The van der Waals surface area contributed by atoms with E-state index in [1.807, 2.05) is 0 Å². The van der Waals surface area contributed by atoms with E-state index in [4.69, 9.17) is 5.11 Å². The molecule has 3 heteroatoms. The molecule has 2 fully saturated rings. The minimum Gasteiger partial charge on any atom is -0.481 e. The monoisotopic (exact) mass is 239 g/mol. The van der Waals surface area contributed by atoms with Crippen molar-refractivity contribution in [1.82, 2.24) is 5.32 Å². The van der Waals surface area contributed by atoms with Crippen LogP contribution in [0.2, 0.25) is 0 Å². The first-order valence-corrected chi connectivity index (χ1v) is 6.95. The van der Waals surface area contributed by atoms with Crippen LogP contribution in [0.5, 0.6) is 0 Å². The number of aliphatic carboxylic acids is 1. The van der Waals surface area contributed by atoms with Crippen molar-refractivity contribution in [3.05, 3.63) is 0 Å². The van der Waals surface area contributed by atoms with Gasteiger partial charge in [0.05, 0.1) is 5.92 Å². The number of nitrogens with one attached hydrogen (secondary N) is 1. The standard InChI is InChI=1S/C14H25NO2/c1-14(2)8-7-12(9-14)15-11-5-3-10(4-6-11)13(16)17/h10-12,15H,3-9H2,1-2H3,(H,16,17). The lowest BCUT2D eigenvalue weighted by atomic mass is 9.85. The van der Waals surface area contributed by atoms with Gasteiger partial charge in [-0.2, -0.15) is 0 Å². The van der Waals surface area contributed by atoms with E-state index in [1.54, 1.807) is 0 Å². The second-order valence-electron chi connectivity index (χ2n) is 6.66. The van der Waals surface area contributed by atoms with Gasteiger partial charge >= 0.3 is 5.97 Å². The maximum Gasteiger partial charge on any atom is 0.306 e. The summed E-state index contributed by atoms with van der Waals surface area (Å²) in [6, 6.07) is 1.22. The van der Waals surface area contributed by atoms with Crippen LogP contribution >= 0.6 is 0 Å². The Kier molecular flexibility index (Phi) is 3.76. The summed E-state index contributed by atoms with van der Waals surface area (Å²) in [5.74, 6) is -0.696. The minimum absolute atomic E-state index is 0.0898. The van der Waals surface area contributed by atoms with Crippen LogP contribution in [-0.2, 0) is 4.79 Å². The second kappa shape index (κ2) is 4.97. The van der Waals surface area contributed by atoms with E-state index in [9.17, 15) is 4.79 Å². The summed E-state index contributed by atoms with van der Waals surface area (Å²) in [7, 11) is 0. The van der Waals surface area contributed by atoms with Crippen LogP contribution in [0, 0.1) is 11.3 Å². The SMILES string of the molecule is CC1(C)CCC(NC2CCC(C(=O)O)CC2)C1. The lowest BCUT2D eigenvalue weighted by Gasteiger charge is -2.30. The molecule has 0 saturated heterocycles. The first-order chi connectivity index (χ1) is 7.96. The Morgan fingerprint density at radius 3 is 2.24 bits per heavy atom. The molecule has 0 aliphatic heterocycles. The summed E-state index contributed by atoms with van der Waals surface area (Å²) in [6.45, 7) is 4.69. The molecule has 2 aliphatic carbocycles. The lowest BCUT2D eigenvalue weighted by molar-refractivity contribution is -0.142. The molecule has 0 aromatic carbocycles. The molecule has 1 atom stereocenters. The minimum atomic E-state index is -0.606. The molecular weight excluding hydrogens is 214 g/mol. The van der Waals surface area contributed by atoms with E-state index in [0.717, 1.165) is 25.7 Å². The molecule has 0 heterocycles. The molecule has 0 aromatic heterocycles. The third-order valence-corrected chi connectivity index (χ3v) is 4.52. The predicted octanol–water partition coefficient (Wildman–Crippen LogP) is 2.80. The molecule has 0 radical (unpaired) electrons. The molecule has 0 bridgehead atoms. The number of carboxylic acids is 1. The molecule has 17 heavy (non-hydrogen) atoms. The van der Waals surface area contributed by atoms with Gasteiger partial charge in [0.2, 0.25) is 0 Å². The average molecular weight is 239 g/mol. The maximum atomic E-state index is 10.9. The van der Waals surface area contributed by atoms with Gasteiger partial charge in [-0.05, 0) is 50.4 Å². The zero-order chi connectivity index (χ0) is 12.5. The van der Waals surface area contributed by atoms with Gasteiger partial charge in [0.25, 0.3) is 0 Å². The van der Waals surface area contributed by atoms with Crippen LogP contribution in [0.4, 0.5) is 0 Å². The summed E-state index contributed by atoms with van der Waals surface area (Å²) in [6.07, 6.45) is 7.64. The number of hydrogen-bond donors (Lipinski definition) is 2. The van der Waals surface area contributed by atoms with Gasteiger partial charge in [0.15, 0.2) is 0 Å². The second-order valence-corrected chi connectivity index (χ2v) is 6.66. The van der Waals surface area contributed by atoms with Gasteiger partial charge in [0, 0.05) is 12.1 Å². The van der Waals surface area contributed by atoms with Crippen LogP contribution in [0.15, 0.2) is 0 Å². The smallest absolute Gasteiger partial charge is 0.306 e. The highest BCUT2D eigenvalue weighted by molar-refractivity contribution is 5.70. The molecule has 2 saturated carbocycles. The predicted molar refractivity (Wildman–Crippen MR) is 67.9 cm³/mol. The summed E-state index contributed by atoms with van der Waals surface area (Å²) in [4.78, 5) is 10.9. The van der Waals surface area contributed by atoms with Crippen molar-refractivity contribution in [1.29, 1.82) is 0 Å². The fraction of sp³-hybridized carbons (Fsp3) is 0.929. The quantitative estimate of drug-likeness (QED) is 0.796. The lowest BCUT2D eigenvalue weighted by Crippen LogP contribution is -2.40. The first-order valence-electron chi connectivity index (χ1n) is 6.95. The molecule has 0 aromatic rings. The molecular formula is C14H25NO2. The van der Waals surface area contributed by atoms with E-state index < -0.39 is 5.97 Å². The van der Waals surface area contributed by atoms with Gasteiger partial charge in [-0.1, -0.05) is 13.8 Å². The molecule has 0 amide bonds. The Morgan fingerprint density at radius 2 is 1.76 bits per heavy atom. The van der Waals surface area contributed by atoms with Gasteiger partial charge in [-0.15, -0.1) is 0 Å². The van der Waals surface area contributed by atoms with Crippen LogP contribution in [-0.4, -0.2) is 23.2 Å². The number of carboxylic acid groups (broad SMARTS) is 1. The highest BCUT2D eigenvalue weighted by Crippen LogP contribution is 2.37. The van der Waals surface area contributed by atoms with E-state index in [2.05, 4.69) is 19.2 Å². The van der Waals surface area contributed by atoms with Crippen molar-refractivity contribution in [3.63, 3.8) is 0 Å². The summed E-state index contributed by atoms with van der Waals surface area (Å²) >= 11 is 0. The summed E-state index contributed by atoms with van der Waals surface area (Å²) in [5.41, 5.74) is 0.496. The van der Waals surface area contributed by atoms with Crippen molar-refractivity contribution in [2.45, 2.75) is 70.9 Å². The van der Waals surface area contributed by atoms with Gasteiger partial charge in [-0.3, -0.25) is 4.79 Å².